The molecule has 0 bridgehead atoms. The van der Waals surface area contributed by atoms with Gasteiger partial charge in [-0.2, -0.15) is 0 Å². The summed E-state index contributed by atoms with van der Waals surface area (Å²) in [4.78, 5) is 12.1. The van der Waals surface area contributed by atoms with E-state index in [-0.39, 0.29) is 29.9 Å². The van der Waals surface area contributed by atoms with Gasteiger partial charge in [0.2, 0.25) is 5.91 Å². The van der Waals surface area contributed by atoms with Crippen LogP contribution in [0.15, 0.2) is 53.4 Å². The fraction of sp³-hybridized carbons (Fsp3) is 0.188. The molecule has 0 unspecified atom stereocenters. The molecule has 0 spiro atoms. The molecule has 0 aromatic heterocycles. The molecule has 3 nitrogen and oxygen atoms in total. The van der Waals surface area contributed by atoms with Gasteiger partial charge in [-0.15, -0.1) is 11.8 Å². The van der Waals surface area contributed by atoms with E-state index in [4.69, 9.17) is 4.74 Å². The minimum absolute atomic E-state index is 0.136. The lowest BCUT2D eigenvalue weighted by molar-refractivity contribution is -0.118. The molecule has 0 saturated heterocycles. The number of halogens is 2. The minimum atomic E-state index is -0.333. The lowest BCUT2D eigenvalue weighted by atomic mass is 10.3. The second-order valence-electron chi connectivity index (χ2n) is 4.37. The van der Waals surface area contributed by atoms with E-state index in [1.807, 2.05) is 0 Å². The Hall–Kier alpha value is -2.08. The average Bonchev–Trinajstić information content (AvgIpc) is 2.52. The van der Waals surface area contributed by atoms with Gasteiger partial charge in [0.15, 0.2) is 0 Å². The molecule has 2 aromatic rings. The zero-order chi connectivity index (χ0) is 15.8. The van der Waals surface area contributed by atoms with Crippen LogP contribution in [0.4, 0.5) is 8.78 Å². The number of hydrogen-bond acceptors (Lipinski definition) is 3. The maximum absolute atomic E-state index is 13.4. The Morgan fingerprint density at radius 3 is 2.55 bits per heavy atom. The Morgan fingerprint density at radius 1 is 1.09 bits per heavy atom. The van der Waals surface area contributed by atoms with Crippen LogP contribution in [0.1, 0.15) is 0 Å². The van der Waals surface area contributed by atoms with Crippen LogP contribution in [0.2, 0.25) is 0 Å². The van der Waals surface area contributed by atoms with Crippen LogP contribution in [0.25, 0.3) is 0 Å². The molecule has 2 aromatic carbocycles. The van der Waals surface area contributed by atoms with Gasteiger partial charge in [0.05, 0.1) is 12.3 Å². The van der Waals surface area contributed by atoms with Gasteiger partial charge in [0, 0.05) is 4.90 Å². The minimum Gasteiger partial charge on any atom is -0.492 e. The lowest BCUT2D eigenvalue weighted by Crippen LogP contribution is -2.29. The summed E-state index contributed by atoms with van der Waals surface area (Å²) < 4.78 is 31.4. The molecule has 0 aliphatic carbocycles. The van der Waals surface area contributed by atoms with Crippen molar-refractivity contribution in [3.8, 4) is 5.75 Å². The highest BCUT2D eigenvalue weighted by atomic mass is 32.2. The zero-order valence-electron chi connectivity index (χ0n) is 11.7. The summed E-state index contributed by atoms with van der Waals surface area (Å²) in [6, 6.07) is 12.0. The van der Waals surface area contributed by atoms with Crippen molar-refractivity contribution in [2.75, 3.05) is 18.9 Å². The zero-order valence-corrected chi connectivity index (χ0v) is 12.5. The molecule has 0 heterocycles. The summed E-state index contributed by atoms with van der Waals surface area (Å²) in [5.41, 5.74) is 0. The van der Waals surface area contributed by atoms with Crippen LogP contribution >= 0.6 is 11.8 Å². The van der Waals surface area contributed by atoms with E-state index in [1.54, 1.807) is 18.2 Å². The van der Waals surface area contributed by atoms with Gasteiger partial charge in [-0.25, -0.2) is 8.78 Å². The first-order valence-electron chi connectivity index (χ1n) is 6.67. The van der Waals surface area contributed by atoms with Gasteiger partial charge in [-0.3, -0.25) is 4.79 Å². The number of ether oxygens (including phenoxy) is 1. The number of amides is 1. The first kappa shape index (κ1) is 16.3. The third-order valence-electron chi connectivity index (χ3n) is 2.70. The molecule has 0 fully saturated rings. The second kappa shape index (κ2) is 8.38. The predicted molar refractivity (Wildman–Crippen MR) is 82.0 cm³/mol. The third kappa shape index (κ3) is 5.37. The summed E-state index contributed by atoms with van der Waals surface area (Å²) >= 11 is 1.14. The van der Waals surface area contributed by atoms with Crippen LogP contribution in [0.5, 0.6) is 5.75 Å². The van der Waals surface area contributed by atoms with Gasteiger partial charge in [0.1, 0.15) is 24.0 Å². The summed E-state index contributed by atoms with van der Waals surface area (Å²) in [6.45, 7) is 0.607. The Morgan fingerprint density at radius 2 is 1.82 bits per heavy atom. The molecule has 1 N–H and O–H groups in total. The van der Waals surface area contributed by atoms with E-state index in [2.05, 4.69) is 5.32 Å². The highest BCUT2D eigenvalue weighted by Crippen LogP contribution is 2.20. The van der Waals surface area contributed by atoms with Gasteiger partial charge in [-0.05, 0) is 36.4 Å². The molecule has 116 valence electrons. The Balaban J connectivity index is 1.64. The van der Waals surface area contributed by atoms with E-state index in [0.29, 0.717) is 17.2 Å². The molecular weight excluding hydrogens is 308 g/mol. The fourth-order valence-electron chi connectivity index (χ4n) is 1.65. The normalized spacial score (nSPS) is 10.3. The van der Waals surface area contributed by atoms with E-state index >= 15 is 0 Å². The van der Waals surface area contributed by atoms with E-state index in [0.717, 1.165) is 11.8 Å². The van der Waals surface area contributed by atoms with Crippen molar-refractivity contribution in [2.45, 2.75) is 4.90 Å². The number of rotatable bonds is 7. The fourth-order valence-corrected chi connectivity index (χ4v) is 2.42. The van der Waals surface area contributed by atoms with E-state index in [9.17, 15) is 13.6 Å². The van der Waals surface area contributed by atoms with Crippen molar-refractivity contribution >= 4 is 17.7 Å². The van der Waals surface area contributed by atoms with Crippen LogP contribution in [0.3, 0.4) is 0 Å². The molecule has 6 heteroatoms. The standard InChI is InChI=1S/C16H15F2NO2S/c17-12-5-7-13(8-6-12)21-10-9-19-16(20)11-22-15-4-2-1-3-14(15)18/h1-8H,9-11H2,(H,19,20). The third-order valence-corrected chi connectivity index (χ3v) is 3.75. The lowest BCUT2D eigenvalue weighted by Gasteiger charge is -2.08. The molecule has 0 aliphatic heterocycles. The van der Waals surface area contributed by atoms with Gasteiger partial charge >= 0.3 is 0 Å². The van der Waals surface area contributed by atoms with Crippen molar-refractivity contribution < 1.29 is 18.3 Å². The topological polar surface area (TPSA) is 38.3 Å². The molecule has 22 heavy (non-hydrogen) atoms. The average molecular weight is 323 g/mol. The number of nitrogens with one attached hydrogen (secondary N) is 1. The first-order valence-corrected chi connectivity index (χ1v) is 7.66. The Kier molecular flexibility index (Phi) is 6.21. The summed E-state index contributed by atoms with van der Waals surface area (Å²) in [6.07, 6.45) is 0. The quantitative estimate of drug-likeness (QED) is 0.628. The molecule has 2 rings (SSSR count). The molecule has 0 atom stereocenters. The number of carbonyl (C=O) groups excluding carboxylic acids is 1. The maximum atomic E-state index is 13.4. The van der Waals surface area contributed by atoms with Gasteiger partial charge in [-0.1, -0.05) is 12.1 Å². The Bertz CT molecular complexity index is 620. The van der Waals surface area contributed by atoms with Gasteiger partial charge in [0.25, 0.3) is 0 Å². The number of thioether (sulfide) groups is 1. The van der Waals surface area contributed by atoms with Crippen LogP contribution in [0, 0.1) is 11.6 Å². The van der Waals surface area contributed by atoms with Gasteiger partial charge < -0.3 is 10.1 Å². The highest BCUT2D eigenvalue weighted by Gasteiger charge is 2.05. The maximum Gasteiger partial charge on any atom is 0.230 e. The molecular formula is C16H15F2NO2S. The second-order valence-corrected chi connectivity index (χ2v) is 5.39. The SMILES string of the molecule is O=C(CSc1ccccc1F)NCCOc1ccc(F)cc1. The van der Waals surface area contributed by atoms with Crippen molar-refractivity contribution in [3.63, 3.8) is 0 Å². The first-order chi connectivity index (χ1) is 10.6. The molecule has 0 saturated carbocycles. The number of benzene rings is 2. The van der Waals surface area contributed by atoms with Crippen LogP contribution in [-0.4, -0.2) is 24.8 Å². The summed E-state index contributed by atoms with van der Waals surface area (Å²) in [5, 5.41) is 2.67. The summed E-state index contributed by atoms with van der Waals surface area (Å²) in [5.74, 6) is -0.185. The number of hydrogen-bond donors (Lipinski definition) is 1. The monoisotopic (exact) mass is 323 g/mol. The van der Waals surface area contributed by atoms with Crippen molar-refractivity contribution in [1.82, 2.24) is 5.32 Å². The van der Waals surface area contributed by atoms with E-state index in [1.165, 1.54) is 30.3 Å². The number of carbonyl (C=O) groups is 1. The highest BCUT2D eigenvalue weighted by molar-refractivity contribution is 8.00. The smallest absolute Gasteiger partial charge is 0.230 e. The summed E-state index contributed by atoms with van der Waals surface area (Å²) in [7, 11) is 0. The van der Waals surface area contributed by atoms with Crippen LogP contribution < -0.4 is 10.1 Å². The molecule has 1 amide bonds. The van der Waals surface area contributed by atoms with Crippen molar-refractivity contribution in [3.05, 3.63) is 60.2 Å². The van der Waals surface area contributed by atoms with Crippen LogP contribution in [-0.2, 0) is 4.79 Å². The molecule has 0 aliphatic rings. The van der Waals surface area contributed by atoms with E-state index < -0.39 is 0 Å². The van der Waals surface area contributed by atoms with Crippen molar-refractivity contribution in [1.29, 1.82) is 0 Å². The predicted octanol–water partition coefficient (Wildman–Crippen LogP) is 3.25. The van der Waals surface area contributed by atoms with Crippen molar-refractivity contribution in [2.24, 2.45) is 0 Å². The Labute approximate surface area is 131 Å². The molecule has 0 radical (unpaired) electrons. The largest absolute Gasteiger partial charge is 0.492 e.